The first-order valence-electron chi connectivity index (χ1n) is 8.50. The van der Waals surface area contributed by atoms with Gasteiger partial charge in [-0.2, -0.15) is 5.10 Å². The molecule has 1 amide bonds. The van der Waals surface area contributed by atoms with Crippen LogP contribution in [-0.2, 0) is 6.54 Å². The molecule has 0 aliphatic heterocycles. The fourth-order valence-electron chi connectivity index (χ4n) is 2.59. The molecule has 2 aromatic heterocycles. The molecule has 0 aliphatic rings. The minimum absolute atomic E-state index is 0.0985. The monoisotopic (exact) mass is 367 g/mol. The second-order valence-electron chi connectivity index (χ2n) is 6.11. The summed E-state index contributed by atoms with van der Waals surface area (Å²) in [5, 5.41) is 9.69. The fourth-order valence-corrected chi connectivity index (χ4v) is 2.59. The number of amides is 1. The van der Waals surface area contributed by atoms with Gasteiger partial charge in [0.15, 0.2) is 0 Å². The summed E-state index contributed by atoms with van der Waals surface area (Å²) >= 11 is 0. The molecule has 0 unspecified atom stereocenters. The van der Waals surface area contributed by atoms with Crippen molar-refractivity contribution in [2.75, 3.05) is 13.7 Å². The van der Waals surface area contributed by atoms with Crippen molar-refractivity contribution in [2.45, 2.75) is 20.4 Å². The van der Waals surface area contributed by atoms with E-state index >= 15 is 0 Å². The Hall–Kier alpha value is -3.42. The van der Waals surface area contributed by atoms with Crippen LogP contribution < -0.4 is 15.6 Å². The molecule has 0 fully saturated rings. The second kappa shape index (κ2) is 7.86. The predicted molar refractivity (Wildman–Crippen MR) is 101 cm³/mol. The van der Waals surface area contributed by atoms with Crippen LogP contribution >= 0.6 is 0 Å². The van der Waals surface area contributed by atoms with Gasteiger partial charge in [-0.15, -0.1) is 0 Å². The van der Waals surface area contributed by atoms with Crippen LogP contribution in [0.3, 0.4) is 0 Å². The normalized spacial score (nSPS) is 10.6. The van der Waals surface area contributed by atoms with Gasteiger partial charge in [0, 0.05) is 29.9 Å². The Morgan fingerprint density at radius 1 is 1.30 bits per heavy atom. The number of methoxy groups -OCH3 is 1. The van der Waals surface area contributed by atoms with Crippen molar-refractivity contribution in [2.24, 2.45) is 0 Å². The molecule has 3 rings (SSSR count). The Kier molecular flexibility index (Phi) is 5.35. The van der Waals surface area contributed by atoms with Crippen molar-refractivity contribution in [3.8, 4) is 17.0 Å². The topological polar surface area (TPSA) is 102 Å². The zero-order valence-electron chi connectivity index (χ0n) is 15.4. The summed E-state index contributed by atoms with van der Waals surface area (Å²) in [6.45, 7) is 4.18. The van der Waals surface area contributed by atoms with Crippen molar-refractivity contribution in [1.82, 2.24) is 25.1 Å². The maximum atomic E-state index is 12.3. The number of carbonyl (C=O) groups excluding carboxylic acids is 1. The van der Waals surface area contributed by atoms with E-state index in [2.05, 4.69) is 20.5 Å². The average Bonchev–Trinajstić information content (AvgIpc) is 3.18. The van der Waals surface area contributed by atoms with Crippen LogP contribution in [0, 0.1) is 13.8 Å². The Morgan fingerprint density at radius 3 is 2.89 bits per heavy atom. The highest BCUT2D eigenvalue weighted by Crippen LogP contribution is 2.22. The lowest BCUT2D eigenvalue weighted by Gasteiger charge is -2.08. The van der Waals surface area contributed by atoms with Gasteiger partial charge in [0.25, 0.3) is 11.5 Å². The van der Waals surface area contributed by atoms with E-state index in [0.29, 0.717) is 41.5 Å². The number of benzene rings is 1. The third-order valence-corrected chi connectivity index (χ3v) is 4.34. The van der Waals surface area contributed by atoms with Crippen LogP contribution in [0.2, 0.25) is 0 Å². The Labute approximate surface area is 156 Å². The minimum Gasteiger partial charge on any atom is -0.497 e. The van der Waals surface area contributed by atoms with Gasteiger partial charge in [0.2, 0.25) is 0 Å². The number of rotatable bonds is 6. The van der Waals surface area contributed by atoms with E-state index in [1.807, 2.05) is 24.3 Å². The molecule has 2 N–H and O–H groups in total. The fraction of sp³-hybridized carbons (Fsp3) is 0.263. The van der Waals surface area contributed by atoms with E-state index in [1.54, 1.807) is 27.0 Å². The number of aromatic nitrogens is 4. The van der Waals surface area contributed by atoms with Crippen LogP contribution in [0.4, 0.5) is 0 Å². The summed E-state index contributed by atoms with van der Waals surface area (Å²) in [4.78, 5) is 28.6. The Balaban J connectivity index is 1.63. The quantitative estimate of drug-likeness (QED) is 0.690. The molecule has 2 heterocycles. The third kappa shape index (κ3) is 4.05. The van der Waals surface area contributed by atoms with Gasteiger partial charge in [-0.3, -0.25) is 19.3 Å². The zero-order chi connectivity index (χ0) is 19.4. The highest BCUT2D eigenvalue weighted by atomic mass is 16.5. The first kappa shape index (κ1) is 18.4. The number of ether oxygens (including phenoxy) is 1. The summed E-state index contributed by atoms with van der Waals surface area (Å²) < 4.78 is 6.68. The predicted octanol–water partition coefficient (Wildman–Crippen LogP) is 1.69. The lowest BCUT2D eigenvalue weighted by molar-refractivity contribution is 0.0947. The van der Waals surface area contributed by atoms with Gasteiger partial charge in [0.05, 0.1) is 19.1 Å². The van der Waals surface area contributed by atoms with E-state index < -0.39 is 0 Å². The number of hydrogen-bond acceptors (Lipinski definition) is 5. The standard InChI is InChI=1S/C19H21N5O3/c1-12-13(2)21-11-24(19(12)26)8-7-20-18(25)17-10-16(22-23-17)14-5-4-6-15(9-14)27-3/h4-6,9-11H,7-8H2,1-3H3,(H,20,25)(H,22,23). The minimum atomic E-state index is -0.290. The summed E-state index contributed by atoms with van der Waals surface area (Å²) in [5.74, 6) is 0.426. The van der Waals surface area contributed by atoms with Crippen LogP contribution in [0.5, 0.6) is 5.75 Å². The maximum Gasteiger partial charge on any atom is 0.269 e. The van der Waals surface area contributed by atoms with E-state index in [9.17, 15) is 9.59 Å². The Bertz CT molecular complexity index is 1020. The lowest BCUT2D eigenvalue weighted by atomic mass is 10.1. The number of aromatic amines is 1. The summed E-state index contributed by atoms with van der Waals surface area (Å²) in [6.07, 6.45) is 1.49. The van der Waals surface area contributed by atoms with Crippen molar-refractivity contribution in [1.29, 1.82) is 0 Å². The van der Waals surface area contributed by atoms with E-state index in [1.165, 1.54) is 10.9 Å². The summed E-state index contributed by atoms with van der Waals surface area (Å²) in [7, 11) is 1.60. The van der Waals surface area contributed by atoms with Crippen LogP contribution in [0.25, 0.3) is 11.3 Å². The molecule has 0 aliphatic carbocycles. The third-order valence-electron chi connectivity index (χ3n) is 4.34. The highest BCUT2D eigenvalue weighted by molar-refractivity contribution is 5.93. The Morgan fingerprint density at radius 2 is 2.11 bits per heavy atom. The molecular formula is C19H21N5O3. The molecule has 0 atom stereocenters. The van der Waals surface area contributed by atoms with Gasteiger partial charge >= 0.3 is 0 Å². The molecule has 0 spiro atoms. The van der Waals surface area contributed by atoms with E-state index in [4.69, 9.17) is 4.74 Å². The largest absolute Gasteiger partial charge is 0.497 e. The molecule has 3 aromatic rings. The van der Waals surface area contributed by atoms with Gasteiger partial charge in [0.1, 0.15) is 11.4 Å². The van der Waals surface area contributed by atoms with Crippen molar-refractivity contribution in [3.05, 3.63) is 64.0 Å². The van der Waals surface area contributed by atoms with Crippen molar-refractivity contribution in [3.63, 3.8) is 0 Å². The number of nitrogens with zero attached hydrogens (tertiary/aromatic N) is 3. The molecule has 8 nitrogen and oxygen atoms in total. The van der Waals surface area contributed by atoms with Crippen LogP contribution in [0.1, 0.15) is 21.7 Å². The van der Waals surface area contributed by atoms with Gasteiger partial charge in [-0.1, -0.05) is 12.1 Å². The van der Waals surface area contributed by atoms with Crippen LogP contribution in [0.15, 0.2) is 41.5 Å². The number of H-pyrrole nitrogens is 1. The molecule has 8 heteroatoms. The molecule has 27 heavy (non-hydrogen) atoms. The summed E-state index contributed by atoms with van der Waals surface area (Å²) in [6, 6.07) is 9.11. The molecule has 0 saturated heterocycles. The molecular weight excluding hydrogens is 346 g/mol. The summed E-state index contributed by atoms with van der Waals surface area (Å²) in [5.41, 5.74) is 3.06. The molecule has 0 radical (unpaired) electrons. The van der Waals surface area contributed by atoms with Crippen molar-refractivity contribution < 1.29 is 9.53 Å². The average molecular weight is 367 g/mol. The second-order valence-corrected chi connectivity index (χ2v) is 6.11. The maximum absolute atomic E-state index is 12.3. The first-order valence-corrected chi connectivity index (χ1v) is 8.50. The van der Waals surface area contributed by atoms with E-state index in [0.717, 1.165) is 5.56 Å². The van der Waals surface area contributed by atoms with Crippen molar-refractivity contribution >= 4 is 5.91 Å². The number of nitrogens with one attached hydrogen (secondary N) is 2. The van der Waals surface area contributed by atoms with Gasteiger partial charge in [-0.05, 0) is 32.0 Å². The van der Waals surface area contributed by atoms with Gasteiger partial charge in [-0.25, -0.2) is 4.98 Å². The van der Waals surface area contributed by atoms with Gasteiger partial charge < -0.3 is 10.1 Å². The number of hydrogen-bond donors (Lipinski definition) is 2. The molecule has 1 aromatic carbocycles. The highest BCUT2D eigenvalue weighted by Gasteiger charge is 2.11. The smallest absolute Gasteiger partial charge is 0.269 e. The molecule has 140 valence electrons. The number of carbonyl (C=O) groups is 1. The molecule has 0 bridgehead atoms. The van der Waals surface area contributed by atoms with E-state index in [-0.39, 0.29) is 11.5 Å². The molecule has 0 saturated carbocycles. The number of aryl methyl sites for hydroxylation is 1. The SMILES string of the molecule is COc1cccc(-c2cc(C(=O)NCCn3cnc(C)c(C)c3=O)[nH]n2)c1. The lowest BCUT2D eigenvalue weighted by Crippen LogP contribution is -2.32. The van der Waals surface area contributed by atoms with Crippen LogP contribution in [-0.4, -0.2) is 39.3 Å². The first-order chi connectivity index (χ1) is 13.0. The zero-order valence-corrected chi connectivity index (χ0v) is 15.4.